The molecular formula is C16H36N2O. The first-order valence-corrected chi connectivity index (χ1v) is 8.02. The molecule has 19 heavy (non-hydrogen) atoms. The van der Waals surface area contributed by atoms with E-state index in [0.717, 1.165) is 5.92 Å². The summed E-state index contributed by atoms with van der Waals surface area (Å²) in [4.78, 5) is 12.1. The lowest BCUT2D eigenvalue weighted by Gasteiger charge is -2.29. The van der Waals surface area contributed by atoms with Crippen LogP contribution in [0.3, 0.4) is 0 Å². The minimum Gasteiger partial charge on any atom is -0.357 e. The second-order valence-corrected chi connectivity index (χ2v) is 5.32. The van der Waals surface area contributed by atoms with Crippen LogP contribution in [0, 0.1) is 5.92 Å². The van der Waals surface area contributed by atoms with Gasteiger partial charge in [0.1, 0.15) is 0 Å². The van der Waals surface area contributed by atoms with E-state index in [1.807, 2.05) is 27.7 Å². The zero-order valence-corrected chi connectivity index (χ0v) is 14.0. The Morgan fingerprint density at radius 2 is 1.79 bits per heavy atom. The highest BCUT2D eigenvalue weighted by Crippen LogP contribution is 2.15. The Balaban J connectivity index is 0. The minimum atomic E-state index is 0.280. The quantitative estimate of drug-likeness (QED) is 0.774. The lowest BCUT2D eigenvalue weighted by atomic mass is 9.99. The van der Waals surface area contributed by atoms with Crippen molar-refractivity contribution >= 4 is 6.41 Å². The molecular weight excluding hydrogens is 236 g/mol. The van der Waals surface area contributed by atoms with Gasteiger partial charge >= 0.3 is 0 Å². The summed E-state index contributed by atoms with van der Waals surface area (Å²) in [6.07, 6.45) is 6.26. The van der Waals surface area contributed by atoms with Crippen molar-refractivity contribution in [2.75, 3.05) is 19.6 Å². The monoisotopic (exact) mass is 272 g/mol. The van der Waals surface area contributed by atoms with Crippen molar-refractivity contribution < 1.29 is 4.79 Å². The lowest BCUT2D eigenvalue weighted by Crippen LogP contribution is -2.33. The summed E-state index contributed by atoms with van der Waals surface area (Å²) in [6.45, 7) is 16.5. The Morgan fingerprint density at radius 1 is 1.26 bits per heavy atom. The third-order valence-electron chi connectivity index (χ3n) is 3.11. The van der Waals surface area contributed by atoms with E-state index >= 15 is 0 Å². The highest BCUT2D eigenvalue weighted by atomic mass is 16.1. The molecule has 1 rings (SSSR count). The Hall–Kier alpha value is -0.570. The maximum atomic E-state index is 9.50. The molecule has 0 bridgehead atoms. The summed E-state index contributed by atoms with van der Waals surface area (Å²) in [5, 5.41) is 2.53. The molecule has 0 aromatic carbocycles. The molecule has 1 aliphatic heterocycles. The van der Waals surface area contributed by atoms with Gasteiger partial charge in [0.05, 0.1) is 0 Å². The molecule has 0 radical (unpaired) electrons. The van der Waals surface area contributed by atoms with E-state index < -0.39 is 0 Å². The fraction of sp³-hybridized carbons (Fsp3) is 0.938. The molecule has 0 unspecified atom stereocenters. The minimum absolute atomic E-state index is 0.280. The topological polar surface area (TPSA) is 32.3 Å². The molecule has 116 valence electrons. The second kappa shape index (κ2) is 15.5. The van der Waals surface area contributed by atoms with Crippen molar-refractivity contribution in [2.24, 2.45) is 5.92 Å². The number of hydrogen-bond acceptors (Lipinski definition) is 2. The molecule has 1 amide bonds. The highest BCUT2D eigenvalue weighted by Gasteiger charge is 2.14. The second-order valence-electron chi connectivity index (χ2n) is 5.32. The van der Waals surface area contributed by atoms with E-state index in [9.17, 15) is 4.79 Å². The van der Waals surface area contributed by atoms with Crippen molar-refractivity contribution in [3.63, 3.8) is 0 Å². The van der Waals surface area contributed by atoms with Gasteiger partial charge in [-0.05, 0) is 58.7 Å². The van der Waals surface area contributed by atoms with Gasteiger partial charge in [0.2, 0.25) is 6.41 Å². The Morgan fingerprint density at radius 3 is 2.11 bits per heavy atom. The average Bonchev–Trinajstić information content (AvgIpc) is 2.41. The maximum Gasteiger partial charge on any atom is 0.207 e. The molecule has 3 nitrogen and oxygen atoms in total. The molecule has 0 saturated carbocycles. The van der Waals surface area contributed by atoms with Crippen LogP contribution in [0.25, 0.3) is 0 Å². The molecule has 1 heterocycles. The molecule has 0 aromatic rings. The van der Waals surface area contributed by atoms with Crippen molar-refractivity contribution in [3.8, 4) is 0 Å². The summed E-state index contributed by atoms with van der Waals surface area (Å²) >= 11 is 0. The van der Waals surface area contributed by atoms with Gasteiger partial charge < -0.3 is 10.2 Å². The smallest absolute Gasteiger partial charge is 0.207 e. The van der Waals surface area contributed by atoms with Crippen molar-refractivity contribution in [1.29, 1.82) is 0 Å². The average molecular weight is 272 g/mol. The van der Waals surface area contributed by atoms with Gasteiger partial charge in [-0.1, -0.05) is 34.1 Å². The van der Waals surface area contributed by atoms with E-state index in [-0.39, 0.29) is 6.04 Å². The van der Waals surface area contributed by atoms with Gasteiger partial charge in [-0.15, -0.1) is 0 Å². The van der Waals surface area contributed by atoms with Gasteiger partial charge in [0.15, 0.2) is 0 Å². The fourth-order valence-corrected chi connectivity index (χ4v) is 1.80. The van der Waals surface area contributed by atoms with Gasteiger partial charge in [-0.3, -0.25) is 4.79 Å². The molecule has 0 atom stereocenters. The predicted octanol–water partition coefficient (Wildman–Crippen LogP) is 3.69. The molecule has 1 fully saturated rings. The third kappa shape index (κ3) is 15.4. The standard InChI is InChI=1S/C10H21N.C4H9NO.C2H6/c1-3-4-7-11-8-5-10(2)6-9-11;1-4(2)5-3-6;1-2/h10H,3-9H2,1-2H3;3-4H,1-2H3,(H,5,6);1-2H3. The van der Waals surface area contributed by atoms with E-state index in [0.29, 0.717) is 6.41 Å². The number of nitrogens with one attached hydrogen (secondary N) is 1. The van der Waals surface area contributed by atoms with Crippen LogP contribution in [0.2, 0.25) is 0 Å². The normalized spacial score (nSPS) is 15.9. The SMILES string of the molecule is CC.CC(C)NC=O.CCCCN1CCC(C)CC1. The van der Waals surface area contributed by atoms with Crippen LogP contribution in [0.15, 0.2) is 0 Å². The van der Waals surface area contributed by atoms with Crippen LogP contribution in [-0.2, 0) is 4.79 Å². The highest BCUT2D eigenvalue weighted by molar-refractivity contribution is 5.46. The zero-order chi connectivity index (χ0) is 15.1. The van der Waals surface area contributed by atoms with Crippen LogP contribution in [0.5, 0.6) is 0 Å². The molecule has 1 N–H and O–H groups in total. The number of carbonyl (C=O) groups is 1. The Bertz CT molecular complexity index is 173. The number of rotatable bonds is 5. The van der Waals surface area contributed by atoms with Crippen LogP contribution < -0.4 is 5.32 Å². The summed E-state index contributed by atoms with van der Waals surface area (Å²) in [7, 11) is 0. The fourth-order valence-electron chi connectivity index (χ4n) is 1.80. The van der Waals surface area contributed by atoms with Crippen LogP contribution in [0.4, 0.5) is 0 Å². The number of unbranched alkanes of at least 4 members (excludes halogenated alkanes) is 1. The Labute approximate surface area is 121 Å². The summed E-state index contributed by atoms with van der Waals surface area (Å²) in [5.41, 5.74) is 0. The van der Waals surface area contributed by atoms with E-state index in [1.165, 1.54) is 45.3 Å². The summed E-state index contributed by atoms with van der Waals surface area (Å²) in [5.74, 6) is 0.980. The number of carbonyl (C=O) groups excluding carboxylic acids is 1. The third-order valence-corrected chi connectivity index (χ3v) is 3.11. The molecule has 0 aromatic heterocycles. The number of piperidine rings is 1. The Kier molecular flexibility index (Phi) is 16.9. The summed E-state index contributed by atoms with van der Waals surface area (Å²) in [6, 6.07) is 0.280. The number of amides is 1. The van der Waals surface area contributed by atoms with E-state index in [2.05, 4.69) is 24.1 Å². The number of hydrogen-bond donors (Lipinski definition) is 1. The molecule has 0 aliphatic carbocycles. The molecule has 1 aliphatic rings. The maximum absolute atomic E-state index is 9.50. The van der Waals surface area contributed by atoms with Crippen LogP contribution in [-0.4, -0.2) is 37.0 Å². The first kappa shape index (κ1) is 20.7. The van der Waals surface area contributed by atoms with Crippen LogP contribution in [0.1, 0.15) is 67.2 Å². The first-order chi connectivity index (χ1) is 9.10. The van der Waals surface area contributed by atoms with Crippen LogP contribution >= 0.6 is 0 Å². The van der Waals surface area contributed by atoms with E-state index in [4.69, 9.17) is 0 Å². The van der Waals surface area contributed by atoms with Crippen molar-refractivity contribution in [2.45, 2.75) is 73.3 Å². The summed E-state index contributed by atoms with van der Waals surface area (Å²) < 4.78 is 0. The van der Waals surface area contributed by atoms with Gasteiger partial charge in [-0.2, -0.15) is 0 Å². The van der Waals surface area contributed by atoms with Gasteiger partial charge in [0, 0.05) is 6.04 Å². The zero-order valence-electron chi connectivity index (χ0n) is 14.0. The molecule has 0 spiro atoms. The first-order valence-electron chi connectivity index (χ1n) is 8.02. The predicted molar refractivity (Wildman–Crippen MR) is 85.4 cm³/mol. The molecule has 3 heteroatoms. The van der Waals surface area contributed by atoms with Gasteiger partial charge in [-0.25, -0.2) is 0 Å². The number of likely N-dealkylation sites (tertiary alicyclic amines) is 1. The number of nitrogens with zero attached hydrogens (tertiary/aromatic N) is 1. The van der Waals surface area contributed by atoms with Crippen molar-refractivity contribution in [1.82, 2.24) is 10.2 Å². The van der Waals surface area contributed by atoms with E-state index in [1.54, 1.807) is 0 Å². The largest absolute Gasteiger partial charge is 0.357 e. The molecule has 1 saturated heterocycles. The van der Waals surface area contributed by atoms with Crippen molar-refractivity contribution in [3.05, 3.63) is 0 Å². The van der Waals surface area contributed by atoms with Gasteiger partial charge in [0.25, 0.3) is 0 Å². The lowest BCUT2D eigenvalue weighted by molar-refractivity contribution is -0.109.